The second-order valence-corrected chi connectivity index (χ2v) is 3.94. The Hall–Kier alpha value is -1.06. The number of piperidine rings is 1. The van der Waals surface area contributed by atoms with Crippen LogP contribution >= 0.6 is 0 Å². The van der Waals surface area contributed by atoms with Gasteiger partial charge in [0.15, 0.2) is 0 Å². The minimum absolute atomic E-state index is 0.113. The van der Waals surface area contributed by atoms with E-state index in [4.69, 9.17) is 4.74 Å². The first kappa shape index (κ1) is 10.5. The molecule has 1 fully saturated rings. The Morgan fingerprint density at radius 1 is 1.20 bits per heavy atom. The number of aliphatic hydroxyl groups excluding tert-OH is 1. The second kappa shape index (κ2) is 5.14. The highest BCUT2D eigenvalue weighted by Gasteiger charge is 2.16. The van der Waals surface area contributed by atoms with Gasteiger partial charge in [-0.15, -0.1) is 0 Å². The van der Waals surface area contributed by atoms with Gasteiger partial charge in [-0.3, -0.25) is 4.90 Å². The number of rotatable bonds is 3. The van der Waals surface area contributed by atoms with Crippen molar-refractivity contribution < 1.29 is 9.84 Å². The van der Waals surface area contributed by atoms with Gasteiger partial charge in [0, 0.05) is 13.1 Å². The Morgan fingerprint density at radius 3 is 2.53 bits per heavy atom. The molecule has 0 amide bonds. The lowest BCUT2D eigenvalue weighted by Gasteiger charge is -2.29. The third-order valence-electron chi connectivity index (χ3n) is 2.71. The molecule has 0 aliphatic carbocycles. The first-order valence-corrected chi connectivity index (χ1v) is 5.43. The molecule has 0 aromatic heterocycles. The smallest absolute Gasteiger partial charge is 0.142 e. The quantitative estimate of drug-likeness (QED) is 0.815. The molecule has 2 rings (SSSR count). The third-order valence-corrected chi connectivity index (χ3v) is 2.71. The molecule has 1 aromatic carbocycles. The molecule has 1 heterocycles. The van der Waals surface area contributed by atoms with Crippen LogP contribution in [-0.4, -0.2) is 35.9 Å². The van der Waals surface area contributed by atoms with Gasteiger partial charge in [0.2, 0.25) is 0 Å². The van der Waals surface area contributed by atoms with E-state index in [0.717, 1.165) is 31.7 Å². The molecule has 3 nitrogen and oxygen atoms in total. The summed E-state index contributed by atoms with van der Waals surface area (Å²) in [7, 11) is 0. The summed E-state index contributed by atoms with van der Waals surface area (Å²) >= 11 is 0. The van der Waals surface area contributed by atoms with Gasteiger partial charge in [0.05, 0.1) is 6.10 Å². The Kier molecular flexibility index (Phi) is 3.59. The van der Waals surface area contributed by atoms with Gasteiger partial charge in [0.1, 0.15) is 12.5 Å². The monoisotopic (exact) mass is 207 g/mol. The van der Waals surface area contributed by atoms with Crippen LogP contribution in [0.4, 0.5) is 0 Å². The molecule has 0 radical (unpaired) electrons. The molecule has 0 bridgehead atoms. The SMILES string of the molecule is OC1CCN(COc2ccccc2)CC1. The molecule has 15 heavy (non-hydrogen) atoms. The highest BCUT2D eigenvalue weighted by Crippen LogP contribution is 2.12. The van der Waals surface area contributed by atoms with Crippen molar-refractivity contribution in [1.82, 2.24) is 4.90 Å². The molecular weight excluding hydrogens is 190 g/mol. The Balaban J connectivity index is 1.74. The molecular formula is C12H17NO2. The highest BCUT2D eigenvalue weighted by molar-refractivity contribution is 5.20. The average Bonchev–Trinajstić information content (AvgIpc) is 2.30. The van der Waals surface area contributed by atoms with Gasteiger partial charge in [-0.2, -0.15) is 0 Å². The van der Waals surface area contributed by atoms with E-state index in [1.165, 1.54) is 0 Å². The van der Waals surface area contributed by atoms with Crippen molar-refractivity contribution in [2.45, 2.75) is 18.9 Å². The lowest BCUT2D eigenvalue weighted by atomic mass is 10.1. The van der Waals surface area contributed by atoms with E-state index in [2.05, 4.69) is 4.90 Å². The molecule has 3 heteroatoms. The molecule has 0 saturated carbocycles. The molecule has 0 unspecified atom stereocenters. The summed E-state index contributed by atoms with van der Waals surface area (Å²) in [5.74, 6) is 0.906. The van der Waals surface area contributed by atoms with Crippen molar-refractivity contribution in [3.8, 4) is 5.75 Å². The molecule has 82 valence electrons. The van der Waals surface area contributed by atoms with Gasteiger partial charge >= 0.3 is 0 Å². The summed E-state index contributed by atoms with van der Waals surface area (Å²) in [6.07, 6.45) is 1.61. The van der Waals surface area contributed by atoms with E-state index in [9.17, 15) is 5.11 Å². The zero-order valence-electron chi connectivity index (χ0n) is 8.80. The average molecular weight is 207 g/mol. The van der Waals surface area contributed by atoms with Gasteiger partial charge in [-0.1, -0.05) is 18.2 Å². The van der Waals surface area contributed by atoms with E-state index < -0.39 is 0 Å². The van der Waals surface area contributed by atoms with Crippen LogP contribution in [0.5, 0.6) is 5.75 Å². The molecule has 0 spiro atoms. The normalized spacial score (nSPS) is 19.0. The van der Waals surface area contributed by atoms with Crippen LogP contribution in [0.25, 0.3) is 0 Å². The van der Waals surface area contributed by atoms with Crippen molar-refractivity contribution in [3.63, 3.8) is 0 Å². The summed E-state index contributed by atoms with van der Waals surface area (Å²) in [6, 6.07) is 9.83. The predicted molar refractivity (Wildman–Crippen MR) is 58.8 cm³/mol. The Bertz CT molecular complexity index is 281. The fourth-order valence-corrected chi connectivity index (χ4v) is 1.73. The molecule has 1 saturated heterocycles. The zero-order chi connectivity index (χ0) is 10.5. The van der Waals surface area contributed by atoms with Crippen LogP contribution in [0.2, 0.25) is 0 Å². The van der Waals surface area contributed by atoms with Gasteiger partial charge in [-0.25, -0.2) is 0 Å². The fraction of sp³-hybridized carbons (Fsp3) is 0.500. The molecule has 1 N–H and O–H groups in total. The van der Waals surface area contributed by atoms with Gasteiger partial charge < -0.3 is 9.84 Å². The van der Waals surface area contributed by atoms with Gasteiger partial charge in [0.25, 0.3) is 0 Å². The van der Waals surface area contributed by atoms with Gasteiger partial charge in [-0.05, 0) is 25.0 Å². The first-order chi connectivity index (χ1) is 7.34. The maximum Gasteiger partial charge on any atom is 0.142 e. The predicted octanol–water partition coefficient (Wildman–Crippen LogP) is 1.48. The molecule has 1 aromatic rings. The lowest BCUT2D eigenvalue weighted by molar-refractivity contribution is 0.0432. The van der Waals surface area contributed by atoms with Crippen LogP contribution in [-0.2, 0) is 0 Å². The minimum Gasteiger partial charge on any atom is -0.478 e. The number of benzene rings is 1. The largest absolute Gasteiger partial charge is 0.478 e. The summed E-state index contributed by atoms with van der Waals surface area (Å²) in [6.45, 7) is 2.47. The van der Waals surface area contributed by atoms with Crippen LogP contribution in [0.15, 0.2) is 30.3 Å². The second-order valence-electron chi connectivity index (χ2n) is 3.94. The molecule has 0 atom stereocenters. The third kappa shape index (κ3) is 3.22. The van der Waals surface area contributed by atoms with Crippen molar-refractivity contribution >= 4 is 0 Å². The van der Waals surface area contributed by atoms with E-state index in [-0.39, 0.29) is 6.10 Å². The molecule has 1 aliphatic rings. The van der Waals surface area contributed by atoms with Crippen LogP contribution < -0.4 is 4.74 Å². The summed E-state index contributed by atoms with van der Waals surface area (Å²) in [5, 5.41) is 9.34. The van der Waals surface area contributed by atoms with Crippen LogP contribution in [0.1, 0.15) is 12.8 Å². The topological polar surface area (TPSA) is 32.7 Å². The number of aliphatic hydroxyl groups is 1. The zero-order valence-corrected chi connectivity index (χ0v) is 8.80. The maximum atomic E-state index is 9.34. The Morgan fingerprint density at radius 2 is 1.87 bits per heavy atom. The van der Waals surface area contributed by atoms with Crippen LogP contribution in [0.3, 0.4) is 0 Å². The number of hydrogen-bond acceptors (Lipinski definition) is 3. The van der Waals surface area contributed by atoms with Crippen molar-refractivity contribution in [1.29, 1.82) is 0 Å². The van der Waals surface area contributed by atoms with E-state index in [0.29, 0.717) is 6.73 Å². The highest BCUT2D eigenvalue weighted by atomic mass is 16.5. The van der Waals surface area contributed by atoms with E-state index in [1.54, 1.807) is 0 Å². The standard InChI is InChI=1S/C12H17NO2/c14-11-6-8-13(9-7-11)10-15-12-4-2-1-3-5-12/h1-5,11,14H,6-10H2. The fourth-order valence-electron chi connectivity index (χ4n) is 1.73. The summed E-state index contributed by atoms with van der Waals surface area (Å²) < 4.78 is 5.62. The number of para-hydroxylation sites is 1. The number of ether oxygens (including phenoxy) is 1. The van der Waals surface area contributed by atoms with Crippen molar-refractivity contribution in [2.24, 2.45) is 0 Å². The number of nitrogens with zero attached hydrogens (tertiary/aromatic N) is 1. The lowest BCUT2D eigenvalue weighted by Crippen LogP contribution is -2.38. The van der Waals surface area contributed by atoms with E-state index >= 15 is 0 Å². The first-order valence-electron chi connectivity index (χ1n) is 5.43. The summed E-state index contributed by atoms with van der Waals surface area (Å²) in [5.41, 5.74) is 0. The maximum absolute atomic E-state index is 9.34. The number of likely N-dealkylation sites (tertiary alicyclic amines) is 1. The number of hydrogen-bond donors (Lipinski definition) is 1. The van der Waals surface area contributed by atoms with Crippen LogP contribution in [0, 0.1) is 0 Å². The summed E-state index contributed by atoms with van der Waals surface area (Å²) in [4.78, 5) is 2.22. The van der Waals surface area contributed by atoms with Crippen molar-refractivity contribution in [2.75, 3.05) is 19.8 Å². The minimum atomic E-state index is -0.113. The van der Waals surface area contributed by atoms with E-state index in [1.807, 2.05) is 30.3 Å². The Labute approximate surface area is 90.3 Å². The molecule has 1 aliphatic heterocycles. The van der Waals surface area contributed by atoms with Crippen molar-refractivity contribution in [3.05, 3.63) is 30.3 Å².